The van der Waals surface area contributed by atoms with Crippen molar-refractivity contribution in [1.29, 1.82) is 0 Å². The Morgan fingerprint density at radius 3 is 0.910 bits per heavy atom. The summed E-state index contributed by atoms with van der Waals surface area (Å²) in [6.45, 7) is 0. The first-order valence-corrected chi connectivity index (χ1v) is 22.4. The third-order valence-corrected chi connectivity index (χ3v) is 12.3. The van der Waals surface area contributed by atoms with E-state index in [4.69, 9.17) is 24.9 Å². The summed E-state index contributed by atoms with van der Waals surface area (Å²) in [7, 11) is 0. The highest BCUT2D eigenvalue weighted by atomic mass is 15.1. The Kier molecular flexibility index (Phi) is 10.1. The van der Waals surface area contributed by atoms with Crippen LogP contribution in [0.5, 0.6) is 0 Å². The number of rotatable bonds is 9. The molecule has 67 heavy (non-hydrogen) atoms. The Balaban J connectivity index is 0.912. The molecule has 12 aromatic rings. The van der Waals surface area contributed by atoms with Gasteiger partial charge in [-0.05, 0) is 38.9 Å². The lowest BCUT2D eigenvalue weighted by molar-refractivity contribution is 1.05. The molecule has 9 aromatic carbocycles. The topological polar surface area (TPSA) is 68.9 Å². The van der Waals surface area contributed by atoms with Crippen LogP contribution in [0.25, 0.3) is 118 Å². The predicted molar refractivity (Wildman–Crippen MR) is 273 cm³/mol. The second-order valence-electron chi connectivity index (χ2n) is 16.5. The molecule has 6 heteroatoms. The first-order chi connectivity index (χ1) is 33.2. The van der Waals surface area contributed by atoms with Crippen molar-refractivity contribution in [2.45, 2.75) is 0 Å². The van der Waals surface area contributed by atoms with E-state index in [-0.39, 0.29) is 0 Å². The number of benzene rings is 9. The molecule has 0 aliphatic heterocycles. The van der Waals surface area contributed by atoms with E-state index in [2.05, 4.69) is 211 Å². The highest BCUT2D eigenvalue weighted by Crippen LogP contribution is 2.38. The van der Waals surface area contributed by atoms with Gasteiger partial charge in [0, 0.05) is 38.6 Å². The van der Waals surface area contributed by atoms with Gasteiger partial charge in [0.05, 0.1) is 5.69 Å². The van der Waals surface area contributed by atoms with Crippen molar-refractivity contribution in [3.05, 3.63) is 243 Å². The van der Waals surface area contributed by atoms with Gasteiger partial charge in [-0.3, -0.25) is 4.40 Å². The van der Waals surface area contributed by atoms with Crippen LogP contribution in [0.15, 0.2) is 243 Å². The molecule has 0 saturated carbocycles. The second-order valence-corrected chi connectivity index (χ2v) is 16.5. The van der Waals surface area contributed by atoms with Gasteiger partial charge in [-0.2, -0.15) is 0 Å². The molecule has 0 fully saturated rings. The van der Waals surface area contributed by atoms with Crippen LogP contribution < -0.4 is 0 Å². The van der Waals surface area contributed by atoms with E-state index in [1.54, 1.807) is 0 Å². The molecule has 3 aromatic heterocycles. The summed E-state index contributed by atoms with van der Waals surface area (Å²) in [5.74, 6) is 3.35. The molecule has 6 nitrogen and oxygen atoms in total. The Labute approximate surface area is 388 Å². The summed E-state index contributed by atoms with van der Waals surface area (Å²) in [4.78, 5) is 25.7. The Hall–Kier alpha value is -9.13. The zero-order valence-electron chi connectivity index (χ0n) is 36.3. The van der Waals surface area contributed by atoms with Gasteiger partial charge in [0.25, 0.3) is 0 Å². The fourth-order valence-corrected chi connectivity index (χ4v) is 8.89. The minimum Gasteiger partial charge on any atom is -0.277 e. The molecule has 0 saturated heterocycles. The SMILES string of the molecule is c1ccc(-c2ccc(-c3nc(-c4ccc(-c5ccccc5)cc4)nc(-c4ccc(-c5ccc(-c6nc(-c7ccccc7)nc7c8ccccc8c(-c8ccccc8)n67)cc5)cc4)n3)cc2)cc1. The third-order valence-electron chi connectivity index (χ3n) is 12.3. The number of nitrogens with zero attached hydrogens (tertiary/aromatic N) is 6. The summed E-state index contributed by atoms with van der Waals surface area (Å²) in [5, 5.41) is 2.21. The lowest BCUT2D eigenvalue weighted by Crippen LogP contribution is -2.03. The first-order valence-electron chi connectivity index (χ1n) is 22.4. The summed E-state index contributed by atoms with van der Waals surface area (Å²) < 4.78 is 2.22. The molecule has 0 spiro atoms. The Bertz CT molecular complexity index is 3570. The molecule has 0 aliphatic carbocycles. The molecule has 0 N–H and O–H groups in total. The Morgan fingerprint density at radius 2 is 0.493 bits per heavy atom. The molecule has 0 amide bonds. The van der Waals surface area contributed by atoms with Gasteiger partial charge in [0.1, 0.15) is 11.5 Å². The maximum absolute atomic E-state index is 5.30. The smallest absolute Gasteiger partial charge is 0.164 e. The van der Waals surface area contributed by atoms with Gasteiger partial charge in [-0.25, -0.2) is 24.9 Å². The van der Waals surface area contributed by atoms with Crippen LogP contribution in [0, 0.1) is 0 Å². The van der Waals surface area contributed by atoms with E-state index in [0.717, 1.165) is 94.7 Å². The van der Waals surface area contributed by atoms with Crippen molar-refractivity contribution in [3.8, 4) is 102 Å². The fraction of sp³-hybridized carbons (Fsp3) is 0. The number of fused-ring (bicyclic) bond motifs is 3. The lowest BCUT2D eigenvalue weighted by atomic mass is 10.0. The number of aromatic nitrogens is 6. The van der Waals surface area contributed by atoms with Crippen LogP contribution in [0.2, 0.25) is 0 Å². The van der Waals surface area contributed by atoms with Gasteiger partial charge in [-0.15, -0.1) is 0 Å². The van der Waals surface area contributed by atoms with Crippen LogP contribution in [-0.2, 0) is 0 Å². The fourth-order valence-electron chi connectivity index (χ4n) is 8.89. The van der Waals surface area contributed by atoms with Crippen molar-refractivity contribution < 1.29 is 0 Å². The quantitative estimate of drug-likeness (QED) is 0.145. The largest absolute Gasteiger partial charge is 0.277 e. The second kappa shape index (κ2) is 17.1. The highest BCUT2D eigenvalue weighted by molar-refractivity contribution is 6.06. The zero-order valence-corrected chi connectivity index (χ0v) is 36.3. The minimum atomic E-state index is 0.608. The van der Waals surface area contributed by atoms with Gasteiger partial charge in [-0.1, -0.05) is 243 Å². The number of hydrogen-bond acceptors (Lipinski definition) is 5. The molecular formula is C61H40N6. The van der Waals surface area contributed by atoms with Crippen molar-refractivity contribution >= 4 is 16.4 Å². The number of hydrogen-bond donors (Lipinski definition) is 0. The van der Waals surface area contributed by atoms with E-state index >= 15 is 0 Å². The molecule has 0 bridgehead atoms. The van der Waals surface area contributed by atoms with E-state index in [1.165, 1.54) is 0 Å². The molecule has 0 radical (unpaired) electrons. The van der Waals surface area contributed by atoms with E-state index in [0.29, 0.717) is 23.3 Å². The summed E-state index contributed by atoms with van der Waals surface area (Å²) >= 11 is 0. The summed E-state index contributed by atoms with van der Waals surface area (Å²) in [5.41, 5.74) is 14.5. The highest BCUT2D eigenvalue weighted by Gasteiger charge is 2.21. The normalized spacial score (nSPS) is 11.3. The van der Waals surface area contributed by atoms with Gasteiger partial charge in [0.2, 0.25) is 0 Å². The minimum absolute atomic E-state index is 0.608. The Morgan fingerprint density at radius 1 is 0.209 bits per heavy atom. The first kappa shape index (κ1) is 39.5. The van der Waals surface area contributed by atoms with Gasteiger partial charge < -0.3 is 0 Å². The average molecular weight is 857 g/mol. The maximum atomic E-state index is 5.30. The zero-order chi connectivity index (χ0) is 44.5. The molecule has 12 rings (SSSR count). The van der Waals surface area contributed by atoms with Crippen LogP contribution >= 0.6 is 0 Å². The van der Waals surface area contributed by atoms with Crippen LogP contribution in [0.1, 0.15) is 0 Å². The predicted octanol–water partition coefficient (Wildman–Crippen LogP) is 15.1. The van der Waals surface area contributed by atoms with Crippen molar-refractivity contribution in [2.24, 2.45) is 0 Å². The molecule has 314 valence electrons. The molecule has 3 heterocycles. The summed E-state index contributed by atoms with van der Waals surface area (Å²) in [6.07, 6.45) is 0. The monoisotopic (exact) mass is 856 g/mol. The van der Waals surface area contributed by atoms with Gasteiger partial charge in [0.15, 0.2) is 23.3 Å². The van der Waals surface area contributed by atoms with E-state index in [9.17, 15) is 0 Å². The average Bonchev–Trinajstić information content (AvgIpc) is 3.76. The summed E-state index contributed by atoms with van der Waals surface area (Å²) in [6, 6.07) is 84.0. The van der Waals surface area contributed by atoms with Crippen LogP contribution in [0.3, 0.4) is 0 Å². The van der Waals surface area contributed by atoms with Crippen molar-refractivity contribution in [2.75, 3.05) is 0 Å². The lowest BCUT2D eigenvalue weighted by Gasteiger charge is -2.13. The molecule has 0 aliphatic rings. The standard InChI is InChI=1S/C61H40N6/c1-5-15-41(16-6-1)43-25-33-49(34-26-43)56-62-57(50-35-27-44(28-36-50)42-17-7-2-8-18-42)64-58(63-56)51-37-29-45(30-38-51)46-31-39-52(40-32-46)60-65-59(48-21-11-4-12-22-48)66-61-54-24-14-13-23-53(54)55(67(60)61)47-19-9-3-10-20-47/h1-40H. The van der Waals surface area contributed by atoms with Crippen LogP contribution in [0.4, 0.5) is 0 Å². The third kappa shape index (κ3) is 7.62. The van der Waals surface area contributed by atoms with E-state index in [1.807, 2.05) is 36.4 Å². The van der Waals surface area contributed by atoms with Crippen molar-refractivity contribution in [1.82, 2.24) is 29.3 Å². The van der Waals surface area contributed by atoms with E-state index < -0.39 is 0 Å². The molecule has 0 unspecified atom stereocenters. The van der Waals surface area contributed by atoms with Crippen molar-refractivity contribution in [3.63, 3.8) is 0 Å². The molecular weight excluding hydrogens is 817 g/mol. The maximum Gasteiger partial charge on any atom is 0.164 e. The van der Waals surface area contributed by atoms with Crippen LogP contribution in [-0.4, -0.2) is 29.3 Å². The van der Waals surface area contributed by atoms with Gasteiger partial charge >= 0.3 is 0 Å². The molecule has 0 atom stereocenters.